The van der Waals surface area contributed by atoms with Gasteiger partial charge in [0.05, 0.1) is 0 Å². The standard InChI is InChI=1S/C12H24N2O2/c1-3-16-9-5-7-12(15)14-8-4-6-11(10-14)13-2/h11,13H,3-10H2,1-2H3. The number of hydrogen-bond acceptors (Lipinski definition) is 3. The van der Waals surface area contributed by atoms with Gasteiger partial charge in [0.1, 0.15) is 0 Å². The van der Waals surface area contributed by atoms with E-state index in [1.807, 2.05) is 18.9 Å². The van der Waals surface area contributed by atoms with Gasteiger partial charge in [0.2, 0.25) is 5.91 Å². The molecule has 94 valence electrons. The Labute approximate surface area is 98.3 Å². The molecule has 1 aliphatic rings. The molecule has 1 saturated heterocycles. The second-order valence-corrected chi connectivity index (χ2v) is 4.27. The predicted octanol–water partition coefficient (Wildman–Crippen LogP) is 1.01. The van der Waals surface area contributed by atoms with Gasteiger partial charge in [0.15, 0.2) is 0 Å². The summed E-state index contributed by atoms with van der Waals surface area (Å²) in [5, 5.41) is 3.25. The summed E-state index contributed by atoms with van der Waals surface area (Å²) in [6.45, 7) is 5.20. The number of hydrogen-bond donors (Lipinski definition) is 1. The average molecular weight is 228 g/mol. The van der Waals surface area contributed by atoms with Gasteiger partial charge in [-0.15, -0.1) is 0 Å². The fourth-order valence-electron chi connectivity index (χ4n) is 2.07. The van der Waals surface area contributed by atoms with E-state index < -0.39 is 0 Å². The molecule has 0 bridgehead atoms. The lowest BCUT2D eigenvalue weighted by Crippen LogP contribution is -2.46. The maximum absolute atomic E-state index is 11.9. The van der Waals surface area contributed by atoms with Crippen LogP contribution in [0.1, 0.15) is 32.6 Å². The SMILES string of the molecule is CCOCCCC(=O)N1CCCC(NC)C1. The molecule has 1 fully saturated rings. The first kappa shape index (κ1) is 13.5. The van der Waals surface area contributed by atoms with Crippen LogP contribution >= 0.6 is 0 Å². The van der Waals surface area contributed by atoms with E-state index in [0.29, 0.717) is 19.1 Å². The number of ether oxygens (including phenoxy) is 1. The number of piperidine rings is 1. The molecule has 0 aromatic rings. The Morgan fingerprint density at radius 3 is 3.06 bits per heavy atom. The number of likely N-dealkylation sites (tertiary alicyclic amines) is 1. The molecule has 0 spiro atoms. The van der Waals surface area contributed by atoms with E-state index in [9.17, 15) is 4.79 Å². The maximum Gasteiger partial charge on any atom is 0.222 e. The van der Waals surface area contributed by atoms with Crippen LogP contribution in [-0.2, 0) is 9.53 Å². The molecule has 4 heteroatoms. The normalized spacial score (nSPS) is 21.1. The van der Waals surface area contributed by atoms with E-state index in [-0.39, 0.29) is 5.91 Å². The van der Waals surface area contributed by atoms with Gasteiger partial charge in [0.25, 0.3) is 0 Å². The van der Waals surface area contributed by atoms with Gasteiger partial charge in [-0.25, -0.2) is 0 Å². The average Bonchev–Trinajstić information content (AvgIpc) is 2.34. The molecule has 1 aliphatic heterocycles. The van der Waals surface area contributed by atoms with Gasteiger partial charge >= 0.3 is 0 Å². The third-order valence-corrected chi connectivity index (χ3v) is 3.07. The Morgan fingerprint density at radius 2 is 2.38 bits per heavy atom. The van der Waals surface area contributed by atoms with E-state index in [0.717, 1.165) is 32.5 Å². The summed E-state index contributed by atoms with van der Waals surface area (Å²) in [4.78, 5) is 13.8. The number of nitrogens with zero attached hydrogens (tertiary/aromatic N) is 1. The maximum atomic E-state index is 11.9. The molecule has 1 rings (SSSR count). The first-order chi connectivity index (χ1) is 7.77. The number of amides is 1. The predicted molar refractivity (Wildman–Crippen MR) is 64.4 cm³/mol. The minimum absolute atomic E-state index is 0.277. The summed E-state index contributed by atoms with van der Waals surface area (Å²) < 4.78 is 5.23. The van der Waals surface area contributed by atoms with Crippen LogP contribution in [0, 0.1) is 0 Å². The summed E-state index contributed by atoms with van der Waals surface area (Å²) in [6.07, 6.45) is 3.76. The van der Waals surface area contributed by atoms with E-state index in [4.69, 9.17) is 4.74 Å². The molecule has 1 N–H and O–H groups in total. The van der Waals surface area contributed by atoms with Gasteiger partial charge in [-0.2, -0.15) is 0 Å². The monoisotopic (exact) mass is 228 g/mol. The first-order valence-corrected chi connectivity index (χ1v) is 6.30. The molecular weight excluding hydrogens is 204 g/mol. The van der Waals surface area contributed by atoms with E-state index in [1.165, 1.54) is 6.42 Å². The van der Waals surface area contributed by atoms with E-state index in [2.05, 4.69) is 5.32 Å². The van der Waals surface area contributed by atoms with E-state index in [1.54, 1.807) is 0 Å². The fourth-order valence-corrected chi connectivity index (χ4v) is 2.07. The van der Waals surface area contributed by atoms with Crippen LogP contribution in [0.3, 0.4) is 0 Å². The Kier molecular flexibility index (Phi) is 6.42. The third kappa shape index (κ3) is 4.49. The quantitative estimate of drug-likeness (QED) is 0.690. The Balaban J connectivity index is 2.19. The van der Waals surface area contributed by atoms with Crippen LogP contribution in [0.25, 0.3) is 0 Å². The highest BCUT2D eigenvalue weighted by atomic mass is 16.5. The van der Waals surface area contributed by atoms with Gasteiger partial charge in [-0.1, -0.05) is 0 Å². The third-order valence-electron chi connectivity index (χ3n) is 3.07. The summed E-state index contributed by atoms with van der Waals surface area (Å²) >= 11 is 0. The zero-order chi connectivity index (χ0) is 11.8. The lowest BCUT2D eigenvalue weighted by atomic mass is 10.1. The molecule has 1 unspecified atom stereocenters. The largest absolute Gasteiger partial charge is 0.382 e. The summed E-state index contributed by atoms with van der Waals surface area (Å²) in [6, 6.07) is 0.476. The van der Waals surface area contributed by atoms with Crippen LogP contribution in [0.2, 0.25) is 0 Å². The number of likely N-dealkylation sites (N-methyl/N-ethyl adjacent to an activating group) is 1. The number of carbonyl (C=O) groups is 1. The van der Waals surface area contributed by atoms with Crippen molar-refractivity contribution in [1.29, 1.82) is 0 Å². The summed E-state index contributed by atoms with van der Waals surface area (Å²) in [7, 11) is 1.97. The molecule has 0 aliphatic carbocycles. The molecule has 0 radical (unpaired) electrons. The van der Waals surface area contributed by atoms with Crippen molar-refractivity contribution in [3.05, 3.63) is 0 Å². The zero-order valence-corrected chi connectivity index (χ0v) is 10.5. The highest BCUT2D eigenvalue weighted by molar-refractivity contribution is 5.76. The number of nitrogens with one attached hydrogen (secondary N) is 1. The lowest BCUT2D eigenvalue weighted by Gasteiger charge is -2.32. The Hall–Kier alpha value is -0.610. The smallest absolute Gasteiger partial charge is 0.222 e. The molecule has 16 heavy (non-hydrogen) atoms. The molecule has 1 heterocycles. The molecule has 4 nitrogen and oxygen atoms in total. The highest BCUT2D eigenvalue weighted by Crippen LogP contribution is 2.11. The highest BCUT2D eigenvalue weighted by Gasteiger charge is 2.21. The van der Waals surface area contributed by atoms with Crippen molar-refractivity contribution in [1.82, 2.24) is 10.2 Å². The van der Waals surface area contributed by atoms with Crippen LogP contribution in [0.15, 0.2) is 0 Å². The molecular formula is C12H24N2O2. The second kappa shape index (κ2) is 7.63. The molecule has 0 aromatic heterocycles. The topological polar surface area (TPSA) is 41.6 Å². The van der Waals surface area contributed by atoms with Crippen molar-refractivity contribution in [2.24, 2.45) is 0 Å². The second-order valence-electron chi connectivity index (χ2n) is 4.27. The van der Waals surface area contributed by atoms with E-state index >= 15 is 0 Å². The van der Waals surface area contributed by atoms with Gasteiger partial charge in [0, 0.05) is 38.8 Å². The van der Waals surface area contributed by atoms with Crippen LogP contribution in [-0.4, -0.2) is 50.2 Å². The Morgan fingerprint density at radius 1 is 1.56 bits per heavy atom. The fraction of sp³-hybridized carbons (Fsp3) is 0.917. The molecule has 1 amide bonds. The van der Waals surface area contributed by atoms with Gasteiger partial charge in [-0.05, 0) is 33.2 Å². The first-order valence-electron chi connectivity index (χ1n) is 6.30. The van der Waals surface area contributed by atoms with Gasteiger partial charge < -0.3 is 15.0 Å². The minimum atomic E-state index is 0.277. The molecule has 1 atom stereocenters. The van der Waals surface area contributed by atoms with Crippen molar-refractivity contribution in [3.8, 4) is 0 Å². The molecule has 0 saturated carbocycles. The zero-order valence-electron chi connectivity index (χ0n) is 10.5. The van der Waals surface area contributed by atoms with Crippen molar-refractivity contribution in [3.63, 3.8) is 0 Å². The summed E-state index contributed by atoms with van der Waals surface area (Å²) in [5.74, 6) is 0.277. The Bertz CT molecular complexity index is 209. The lowest BCUT2D eigenvalue weighted by molar-refractivity contribution is -0.132. The van der Waals surface area contributed by atoms with Crippen molar-refractivity contribution < 1.29 is 9.53 Å². The van der Waals surface area contributed by atoms with Gasteiger partial charge in [-0.3, -0.25) is 4.79 Å². The van der Waals surface area contributed by atoms with Crippen LogP contribution in [0.4, 0.5) is 0 Å². The number of carbonyl (C=O) groups excluding carboxylic acids is 1. The van der Waals surface area contributed by atoms with Crippen LogP contribution in [0.5, 0.6) is 0 Å². The van der Waals surface area contributed by atoms with Crippen molar-refractivity contribution >= 4 is 5.91 Å². The van der Waals surface area contributed by atoms with Crippen molar-refractivity contribution in [2.75, 3.05) is 33.4 Å². The summed E-state index contributed by atoms with van der Waals surface area (Å²) in [5.41, 5.74) is 0. The molecule has 0 aromatic carbocycles. The number of rotatable bonds is 6. The van der Waals surface area contributed by atoms with Crippen molar-refractivity contribution in [2.45, 2.75) is 38.6 Å². The minimum Gasteiger partial charge on any atom is -0.382 e. The van der Waals surface area contributed by atoms with Crippen LogP contribution < -0.4 is 5.32 Å².